The zero-order chi connectivity index (χ0) is 23.6. The Morgan fingerprint density at radius 2 is 1.08 bits per heavy atom. The van der Waals surface area contributed by atoms with Crippen LogP contribution in [0.25, 0.3) is 66.5 Å². The van der Waals surface area contributed by atoms with E-state index in [0.29, 0.717) is 0 Å². The first kappa shape index (κ1) is 19.4. The van der Waals surface area contributed by atoms with Crippen LogP contribution in [0, 0.1) is 0 Å². The molecule has 0 bridgehead atoms. The van der Waals surface area contributed by atoms with Gasteiger partial charge in [0.15, 0.2) is 11.5 Å². The average molecular weight is 461 g/mol. The Labute approximate surface area is 206 Å². The van der Waals surface area contributed by atoms with Crippen LogP contribution >= 0.6 is 0 Å². The number of benzene rings is 5. The number of fused-ring (bicyclic) bond motifs is 8. The predicted molar refractivity (Wildman–Crippen MR) is 148 cm³/mol. The third-order valence-electron chi connectivity index (χ3n) is 7.11. The van der Waals surface area contributed by atoms with Gasteiger partial charge in [-0.1, -0.05) is 91.0 Å². The van der Waals surface area contributed by atoms with Crippen LogP contribution in [-0.4, -0.2) is 18.9 Å². The molecule has 0 unspecified atom stereocenters. The van der Waals surface area contributed by atoms with Gasteiger partial charge in [0.1, 0.15) is 0 Å². The van der Waals surface area contributed by atoms with Crippen LogP contribution in [0.1, 0.15) is 0 Å². The molecule has 4 heteroatoms. The fourth-order valence-electron chi connectivity index (χ4n) is 5.56. The third-order valence-corrected chi connectivity index (χ3v) is 7.11. The maximum absolute atomic E-state index is 5.40. The molecular weight excluding hydrogens is 440 g/mol. The van der Waals surface area contributed by atoms with Gasteiger partial charge in [-0.3, -0.25) is 8.97 Å². The van der Waals surface area contributed by atoms with E-state index in [-0.39, 0.29) is 0 Å². The van der Waals surface area contributed by atoms with Gasteiger partial charge in [0, 0.05) is 16.3 Å². The highest BCUT2D eigenvalue weighted by molar-refractivity contribution is 6.10. The monoisotopic (exact) mass is 460 g/mol. The summed E-state index contributed by atoms with van der Waals surface area (Å²) >= 11 is 0. The summed E-state index contributed by atoms with van der Waals surface area (Å²) in [5, 5.41) is 2.42. The first-order chi connectivity index (χ1) is 17.9. The Kier molecular flexibility index (Phi) is 3.91. The molecule has 0 aliphatic carbocycles. The van der Waals surface area contributed by atoms with Crippen LogP contribution in [0.15, 0.2) is 121 Å². The molecule has 0 N–H and O–H groups in total. The smallest absolute Gasteiger partial charge is 0.182 e. The van der Waals surface area contributed by atoms with Crippen molar-refractivity contribution in [1.29, 1.82) is 0 Å². The van der Waals surface area contributed by atoms with Gasteiger partial charge in [-0.05, 0) is 35.9 Å². The summed E-state index contributed by atoms with van der Waals surface area (Å²) in [7, 11) is 0. The topological polar surface area (TPSA) is 35.1 Å². The lowest BCUT2D eigenvalue weighted by atomic mass is 10.0. The van der Waals surface area contributed by atoms with E-state index in [1.54, 1.807) is 0 Å². The van der Waals surface area contributed by atoms with E-state index in [2.05, 4.69) is 118 Å². The molecule has 36 heavy (non-hydrogen) atoms. The van der Waals surface area contributed by atoms with Gasteiger partial charge < -0.3 is 0 Å². The summed E-state index contributed by atoms with van der Waals surface area (Å²) in [4.78, 5) is 10.5. The number of hydrogen-bond donors (Lipinski definition) is 0. The second-order valence-electron chi connectivity index (χ2n) is 9.10. The molecule has 0 fully saturated rings. The second-order valence-corrected chi connectivity index (χ2v) is 9.10. The maximum atomic E-state index is 5.40. The second kappa shape index (κ2) is 7.27. The summed E-state index contributed by atoms with van der Waals surface area (Å²) in [6.45, 7) is 0. The van der Waals surface area contributed by atoms with E-state index in [0.717, 1.165) is 55.7 Å². The molecule has 168 valence electrons. The highest BCUT2D eigenvalue weighted by Gasteiger charge is 2.21. The van der Waals surface area contributed by atoms with Crippen molar-refractivity contribution >= 4 is 49.5 Å². The standard InChI is InChI=1S/C32H20N4/c1-2-11-21(12-3-1)22-15-10-20-29-30(22)34-32(31-33-25-16-6-9-19-28(25)36(29)31)35-26-17-7-4-13-23(26)24-14-5-8-18-27(24)35/h1-20H. The number of rotatable bonds is 2. The van der Waals surface area contributed by atoms with Crippen LogP contribution in [0.5, 0.6) is 0 Å². The zero-order valence-corrected chi connectivity index (χ0v) is 19.3. The Hall–Kier alpha value is -4.96. The first-order valence-corrected chi connectivity index (χ1v) is 12.1. The fourth-order valence-corrected chi connectivity index (χ4v) is 5.56. The number of nitrogens with zero attached hydrogens (tertiary/aromatic N) is 4. The number of hydrogen-bond acceptors (Lipinski definition) is 2. The maximum Gasteiger partial charge on any atom is 0.182 e. The van der Waals surface area contributed by atoms with Gasteiger partial charge in [0.2, 0.25) is 0 Å². The average Bonchev–Trinajstić information content (AvgIpc) is 3.50. The molecule has 8 rings (SSSR count). The Balaban J connectivity index is 1.63. The van der Waals surface area contributed by atoms with Gasteiger partial charge in [0.25, 0.3) is 0 Å². The summed E-state index contributed by atoms with van der Waals surface area (Å²) in [6.07, 6.45) is 0. The molecule has 0 spiro atoms. The Morgan fingerprint density at radius 3 is 1.83 bits per heavy atom. The van der Waals surface area contributed by atoms with Crippen molar-refractivity contribution in [2.24, 2.45) is 0 Å². The molecule has 0 aliphatic heterocycles. The SMILES string of the molecule is c1ccc(-c2cccc3c2nc(-n2c4ccccc4c4ccccc42)c2nc4ccccc4n23)cc1. The minimum absolute atomic E-state index is 0.833. The molecule has 3 heterocycles. The molecule has 0 saturated heterocycles. The van der Waals surface area contributed by atoms with E-state index in [1.165, 1.54) is 10.8 Å². The van der Waals surface area contributed by atoms with E-state index in [9.17, 15) is 0 Å². The molecule has 0 amide bonds. The summed E-state index contributed by atoms with van der Waals surface area (Å²) < 4.78 is 4.54. The molecule has 0 aliphatic rings. The van der Waals surface area contributed by atoms with Gasteiger partial charge in [0.05, 0.1) is 33.1 Å². The van der Waals surface area contributed by atoms with E-state index < -0.39 is 0 Å². The quantitative estimate of drug-likeness (QED) is 0.264. The predicted octanol–water partition coefficient (Wildman–Crippen LogP) is 7.80. The van der Waals surface area contributed by atoms with Crippen molar-refractivity contribution in [2.75, 3.05) is 0 Å². The minimum Gasteiger partial charge on any atom is -0.291 e. The Morgan fingerprint density at radius 1 is 0.472 bits per heavy atom. The highest BCUT2D eigenvalue weighted by Crippen LogP contribution is 2.36. The number of para-hydroxylation sites is 5. The Bertz CT molecular complexity index is 2050. The van der Waals surface area contributed by atoms with Crippen LogP contribution < -0.4 is 0 Å². The van der Waals surface area contributed by atoms with Crippen LogP contribution in [0.3, 0.4) is 0 Å². The summed E-state index contributed by atoms with van der Waals surface area (Å²) in [5.41, 5.74) is 9.38. The number of aromatic nitrogens is 4. The van der Waals surface area contributed by atoms with Crippen molar-refractivity contribution in [1.82, 2.24) is 18.9 Å². The van der Waals surface area contributed by atoms with E-state index >= 15 is 0 Å². The van der Waals surface area contributed by atoms with Crippen LogP contribution in [-0.2, 0) is 0 Å². The molecule has 0 atom stereocenters. The molecule has 0 saturated carbocycles. The van der Waals surface area contributed by atoms with Crippen LogP contribution in [0.4, 0.5) is 0 Å². The van der Waals surface area contributed by atoms with Gasteiger partial charge in [-0.25, -0.2) is 9.97 Å². The van der Waals surface area contributed by atoms with E-state index in [1.807, 2.05) is 12.1 Å². The molecular formula is C32H20N4. The largest absolute Gasteiger partial charge is 0.291 e. The lowest BCUT2D eigenvalue weighted by Gasteiger charge is -2.14. The minimum atomic E-state index is 0.833. The third kappa shape index (κ3) is 2.58. The molecule has 3 aromatic heterocycles. The zero-order valence-electron chi connectivity index (χ0n) is 19.3. The molecule has 4 nitrogen and oxygen atoms in total. The highest BCUT2D eigenvalue weighted by atomic mass is 15.2. The molecule has 0 radical (unpaired) electrons. The van der Waals surface area contributed by atoms with Crippen molar-refractivity contribution in [3.8, 4) is 16.9 Å². The van der Waals surface area contributed by atoms with Gasteiger partial charge in [-0.15, -0.1) is 0 Å². The molecule has 8 aromatic rings. The first-order valence-electron chi connectivity index (χ1n) is 12.1. The van der Waals surface area contributed by atoms with Crippen molar-refractivity contribution in [3.63, 3.8) is 0 Å². The van der Waals surface area contributed by atoms with Crippen LogP contribution in [0.2, 0.25) is 0 Å². The number of imidazole rings is 1. The lowest BCUT2D eigenvalue weighted by Crippen LogP contribution is -2.04. The van der Waals surface area contributed by atoms with Crippen molar-refractivity contribution < 1.29 is 0 Å². The molecule has 5 aromatic carbocycles. The lowest BCUT2D eigenvalue weighted by molar-refractivity contribution is 1.08. The van der Waals surface area contributed by atoms with Gasteiger partial charge in [-0.2, -0.15) is 0 Å². The van der Waals surface area contributed by atoms with Crippen molar-refractivity contribution in [2.45, 2.75) is 0 Å². The summed E-state index contributed by atoms with van der Waals surface area (Å²) in [5.74, 6) is 0.833. The fraction of sp³-hybridized carbons (Fsp3) is 0. The summed E-state index contributed by atoms with van der Waals surface area (Å²) in [6, 6.07) is 42.3. The van der Waals surface area contributed by atoms with Gasteiger partial charge >= 0.3 is 0 Å². The normalized spacial score (nSPS) is 11.9. The van der Waals surface area contributed by atoms with E-state index in [4.69, 9.17) is 9.97 Å². The van der Waals surface area contributed by atoms with Crippen molar-refractivity contribution in [3.05, 3.63) is 121 Å².